The average molecular weight is 235 g/mol. The van der Waals surface area contributed by atoms with Crippen molar-refractivity contribution in [2.45, 2.75) is 38.8 Å². The Morgan fingerprint density at radius 1 is 1.53 bits per heavy atom. The summed E-state index contributed by atoms with van der Waals surface area (Å²) < 4.78 is 11.3. The molecule has 0 aromatic heterocycles. The topological polar surface area (TPSA) is 44.5 Å². The van der Waals surface area contributed by atoms with Crippen LogP contribution in [0.2, 0.25) is 0 Å². The first-order valence-electron chi connectivity index (χ1n) is 6.27. The van der Waals surface area contributed by atoms with Gasteiger partial charge < -0.3 is 15.2 Å². The summed E-state index contributed by atoms with van der Waals surface area (Å²) in [6, 6.07) is 6.20. The van der Waals surface area contributed by atoms with Gasteiger partial charge >= 0.3 is 0 Å². The van der Waals surface area contributed by atoms with E-state index in [2.05, 4.69) is 13.0 Å². The Kier molecular flexibility index (Phi) is 4.02. The molecule has 0 radical (unpaired) electrons. The maximum atomic E-state index is 5.85. The summed E-state index contributed by atoms with van der Waals surface area (Å²) in [6.07, 6.45) is 2.52. The minimum Gasteiger partial charge on any atom is -0.491 e. The lowest BCUT2D eigenvalue weighted by Crippen LogP contribution is -2.16. The van der Waals surface area contributed by atoms with Crippen molar-refractivity contribution in [2.75, 3.05) is 13.2 Å². The van der Waals surface area contributed by atoms with Gasteiger partial charge in [0, 0.05) is 12.6 Å². The maximum absolute atomic E-state index is 5.85. The molecule has 1 aliphatic rings. The van der Waals surface area contributed by atoms with Crippen LogP contribution in [0.3, 0.4) is 0 Å². The fourth-order valence-electron chi connectivity index (χ4n) is 2.08. The third kappa shape index (κ3) is 3.20. The minimum atomic E-state index is 0.0703. The normalized spacial score (nSPS) is 21.5. The molecule has 1 fully saturated rings. The summed E-state index contributed by atoms with van der Waals surface area (Å²) in [5.41, 5.74) is 8.13. The number of ether oxygens (including phenoxy) is 2. The lowest BCUT2D eigenvalue weighted by atomic mass is 10.1. The van der Waals surface area contributed by atoms with Crippen LogP contribution in [-0.2, 0) is 4.74 Å². The molecule has 17 heavy (non-hydrogen) atoms. The van der Waals surface area contributed by atoms with Crippen LogP contribution < -0.4 is 10.5 Å². The second-order valence-corrected chi connectivity index (χ2v) is 4.76. The molecular weight excluding hydrogens is 214 g/mol. The van der Waals surface area contributed by atoms with Crippen LogP contribution in [0, 0.1) is 6.92 Å². The van der Waals surface area contributed by atoms with Crippen LogP contribution in [0.25, 0.3) is 0 Å². The standard InChI is InChI=1S/C14H21NO2/c1-10-8-12(11(2)15)5-6-14(10)17-9-13-4-3-7-16-13/h5-6,8,11,13H,3-4,7,9,15H2,1-2H3/t11-,13?/m0/s1. The molecule has 0 aliphatic carbocycles. The van der Waals surface area contributed by atoms with E-state index in [9.17, 15) is 0 Å². The molecule has 2 rings (SSSR count). The van der Waals surface area contributed by atoms with Gasteiger partial charge in [0.1, 0.15) is 12.4 Å². The SMILES string of the molecule is Cc1cc([C@H](C)N)ccc1OCC1CCCO1. The van der Waals surface area contributed by atoms with Crippen molar-refractivity contribution < 1.29 is 9.47 Å². The first kappa shape index (κ1) is 12.4. The molecular formula is C14H21NO2. The minimum absolute atomic E-state index is 0.0703. The lowest BCUT2D eigenvalue weighted by molar-refractivity contribution is 0.0677. The van der Waals surface area contributed by atoms with Crippen LogP contribution in [0.5, 0.6) is 5.75 Å². The molecule has 2 N–H and O–H groups in total. The van der Waals surface area contributed by atoms with Gasteiger partial charge in [-0.3, -0.25) is 0 Å². The highest BCUT2D eigenvalue weighted by Gasteiger charge is 2.16. The van der Waals surface area contributed by atoms with Crippen molar-refractivity contribution in [3.05, 3.63) is 29.3 Å². The molecule has 3 heteroatoms. The third-order valence-electron chi connectivity index (χ3n) is 3.17. The van der Waals surface area contributed by atoms with Gasteiger partial charge in [-0.25, -0.2) is 0 Å². The van der Waals surface area contributed by atoms with Crippen molar-refractivity contribution in [3.63, 3.8) is 0 Å². The van der Waals surface area contributed by atoms with E-state index in [1.54, 1.807) is 0 Å². The molecule has 0 amide bonds. The Labute approximate surface area is 103 Å². The van der Waals surface area contributed by atoms with Gasteiger partial charge in [0.2, 0.25) is 0 Å². The molecule has 1 unspecified atom stereocenters. The molecule has 1 saturated heterocycles. The fraction of sp³-hybridized carbons (Fsp3) is 0.571. The number of rotatable bonds is 4. The van der Waals surface area contributed by atoms with E-state index in [4.69, 9.17) is 15.2 Å². The maximum Gasteiger partial charge on any atom is 0.122 e. The van der Waals surface area contributed by atoms with E-state index in [-0.39, 0.29) is 12.1 Å². The Bertz CT molecular complexity index is 370. The quantitative estimate of drug-likeness (QED) is 0.872. The summed E-state index contributed by atoms with van der Waals surface area (Å²) in [5, 5.41) is 0. The summed E-state index contributed by atoms with van der Waals surface area (Å²) in [6.45, 7) is 5.56. The van der Waals surface area contributed by atoms with Gasteiger partial charge in [-0.15, -0.1) is 0 Å². The number of nitrogens with two attached hydrogens (primary N) is 1. The van der Waals surface area contributed by atoms with Crippen LogP contribution in [0.15, 0.2) is 18.2 Å². The van der Waals surface area contributed by atoms with Gasteiger partial charge in [0.25, 0.3) is 0 Å². The molecule has 1 aliphatic heterocycles. The van der Waals surface area contributed by atoms with Crippen molar-refractivity contribution >= 4 is 0 Å². The van der Waals surface area contributed by atoms with Crippen LogP contribution in [0.1, 0.15) is 36.9 Å². The molecule has 3 nitrogen and oxygen atoms in total. The predicted molar refractivity (Wildman–Crippen MR) is 68.3 cm³/mol. The molecule has 0 spiro atoms. The molecule has 0 bridgehead atoms. The predicted octanol–water partition coefficient (Wildman–Crippen LogP) is 2.57. The first-order chi connectivity index (χ1) is 8.16. The molecule has 2 atom stereocenters. The van der Waals surface area contributed by atoms with E-state index < -0.39 is 0 Å². The highest BCUT2D eigenvalue weighted by atomic mass is 16.5. The van der Waals surface area contributed by atoms with Gasteiger partial charge in [-0.05, 0) is 43.9 Å². The molecule has 0 saturated carbocycles. The summed E-state index contributed by atoms with van der Waals surface area (Å²) in [7, 11) is 0. The van der Waals surface area contributed by atoms with Crippen molar-refractivity contribution in [2.24, 2.45) is 5.73 Å². The smallest absolute Gasteiger partial charge is 0.122 e. The van der Waals surface area contributed by atoms with E-state index in [0.717, 1.165) is 36.3 Å². The second-order valence-electron chi connectivity index (χ2n) is 4.76. The van der Waals surface area contributed by atoms with Crippen molar-refractivity contribution in [1.29, 1.82) is 0 Å². The number of aryl methyl sites for hydroxylation is 1. The van der Waals surface area contributed by atoms with Crippen molar-refractivity contribution in [3.8, 4) is 5.75 Å². The average Bonchev–Trinajstić information content (AvgIpc) is 2.80. The Hall–Kier alpha value is -1.06. The first-order valence-corrected chi connectivity index (χ1v) is 6.27. The monoisotopic (exact) mass is 235 g/mol. The van der Waals surface area contributed by atoms with Gasteiger partial charge in [0.15, 0.2) is 0 Å². The number of benzene rings is 1. The van der Waals surface area contributed by atoms with Gasteiger partial charge in [-0.2, -0.15) is 0 Å². The Balaban J connectivity index is 1.96. The highest BCUT2D eigenvalue weighted by Crippen LogP contribution is 2.23. The van der Waals surface area contributed by atoms with Gasteiger partial charge in [0.05, 0.1) is 6.10 Å². The number of hydrogen-bond acceptors (Lipinski definition) is 3. The molecule has 94 valence electrons. The molecule has 1 aromatic carbocycles. The van der Waals surface area contributed by atoms with E-state index >= 15 is 0 Å². The Morgan fingerprint density at radius 2 is 2.35 bits per heavy atom. The summed E-state index contributed by atoms with van der Waals surface area (Å²) in [5.74, 6) is 0.935. The van der Waals surface area contributed by atoms with Crippen LogP contribution in [0.4, 0.5) is 0 Å². The van der Waals surface area contributed by atoms with E-state index in [0.29, 0.717) is 6.61 Å². The van der Waals surface area contributed by atoms with Crippen molar-refractivity contribution in [1.82, 2.24) is 0 Å². The Morgan fingerprint density at radius 3 is 2.94 bits per heavy atom. The zero-order chi connectivity index (χ0) is 12.3. The molecule has 1 aromatic rings. The van der Waals surface area contributed by atoms with Crippen LogP contribution >= 0.6 is 0 Å². The highest BCUT2D eigenvalue weighted by molar-refractivity contribution is 5.37. The zero-order valence-electron chi connectivity index (χ0n) is 10.6. The number of hydrogen-bond donors (Lipinski definition) is 1. The second kappa shape index (κ2) is 5.52. The van der Waals surface area contributed by atoms with Gasteiger partial charge in [-0.1, -0.05) is 12.1 Å². The zero-order valence-corrected chi connectivity index (χ0v) is 10.6. The van der Waals surface area contributed by atoms with E-state index in [1.807, 2.05) is 19.1 Å². The van der Waals surface area contributed by atoms with E-state index in [1.165, 1.54) is 0 Å². The van der Waals surface area contributed by atoms with Crippen LogP contribution in [-0.4, -0.2) is 19.3 Å². The largest absolute Gasteiger partial charge is 0.491 e. The lowest BCUT2D eigenvalue weighted by Gasteiger charge is -2.15. The fourth-order valence-corrected chi connectivity index (χ4v) is 2.08. The summed E-state index contributed by atoms with van der Waals surface area (Å²) in [4.78, 5) is 0. The third-order valence-corrected chi connectivity index (χ3v) is 3.17. The molecule has 1 heterocycles. The summed E-state index contributed by atoms with van der Waals surface area (Å²) >= 11 is 0.